The highest BCUT2D eigenvalue weighted by atomic mass is 35.5. The van der Waals surface area contributed by atoms with Gasteiger partial charge in [0.25, 0.3) is 0 Å². The Morgan fingerprint density at radius 3 is 2.81 bits per heavy atom. The van der Waals surface area contributed by atoms with Crippen LogP contribution in [0.2, 0.25) is 10.2 Å². The van der Waals surface area contributed by atoms with Gasteiger partial charge in [0.15, 0.2) is 0 Å². The molecule has 0 atom stereocenters. The van der Waals surface area contributed by atoms with Gasteiger partial charge in [-0.05, 0) is 49.4 Å². The normalized spacial score (nSPS) is 10.9. The molecule has 0 amide bonds. The fourth-order valence-electron chi connectivity index (χ4n) is 2.01. The van der Waals surface area contributed by atoms with Gasteiger partial charge in [0.1, 0.15) is 10.9 Å². The van der Waals surface area contributed by atoms with Crippen LogP contribution in [0.15, 0.2) is 42.6 Å². The first-order chi connectivity index (χ1) is 10.1. The number of hydrogen-bond donors (Lipinski definition) is 0. The molecule has 0 saturated carbocycles. The van der Waals surface area contributed by atoms with Gasteiger partial charge in [0, 0.05) is 24.3 Å². The molecule has 21 heavy (non-hydrogen) atoms. The molecule has 0 aliphatic carbocycles. The minimum atomic E-state index is 0.533. The Kier molecular flexibility index (Phi) is 6.30. The third-order valence-electron chi connectivity index (χ3n) is 2.99. The maximum Gasteiger partial charge on any atom is 0.129 e. The summed E-state index contributed by atoms with van der Waals surface area (Å²) in [6.07, 6.45) is 2.68. The van der Waals surface area contributed by atoms with Crippen LogP contribution in [0.5, 0.6) is 5.75 Å². The molecule has 0 fully saturated rings. The second-order valence-corrected chi connectivity index (χ2v) is 5.71. The zero-order valence-electron chi connectivity index (χ0n) is 11.9. The summed E-state index contributed by atoms with van der Waals surface area (Å²) in [5.41, 5.74) is 1.16. The van der Waals surface area contributed by atoms with Crippen molar-refractivity contribution in [2.75, 3.05) is 20.2 Å². The molecule has 112 valence electrons. The van der Waals surface area contributed by atoms with Gasteiger partial charge >= 0.3 is 0 Å². The third-order valence-corrected chi connectivity index (χ3v) is 3.43. The Morgan fingerprint density at radius 1 is 1.19 bits per heavy atom. The first kappa shape index (κ1) is 16.1. The summed E-state index contributed by atoms with van der Waals surface area (Å²) < 4.78 is 5.66. The van der Waals surface area contributed by atoms with Crippen molar-refractivity contribution >= 4 is 23.2 Å². The molecular weight excluding hydrogens is 307 g/mol. The lowest BCUT2D eigenvalue weighted by atomic mass is 10.2. The van der Waals surface area contributed by atoms with Crippen molar-refractivity contribution < 1.29 is 4.74 Å². The van der Waals surface area contributed by atoms with Crippen LogP contribution in [0.3, 0.4) is 0 Å². The Labute approximate surface area is 135 Å². The number of benzene rings is 1. The third kappa shape index (κ3) is 5.92. The average Bonchev–Trinajstić information content (AvgIpc) is 2.44. The minimum Gasteiger partial charge on any atom is -0.493 e. The summed E-state index contributed by atoms with van der Waals surface area (Å²) in [6.45, 7) is 2.46. The van der Waals surface area contributed by atoms with Gasteiger partial charge in [-0.15, -0.1) is 0 Å². The quantitative estimate of drug-likeness (QED) is 0.561. The highest BCUT2D eigenvalue weighted by Gasteiger charge is 2.02. The van der Waals surface area contributed by atoms with Crippen LogP contribution in [0.4, 0.5) is 0 Å². The molecule has 0 spiro atoms. The number of halogens is 2. The Hall–Kier alpha value is -1.29. The molecule has 5 heteroatoms. The maximum absolute atomic E-state index is 5.91. The van der Waals surface area contributed by atoms with Crippen molar-refractivity contribution in [3.05, 3.63) is 58.3 Å². The molecule has 2 rings (SSSR count). The second kappa shape index (κ2) is 8.23. The molecule has 3 nitrogen and oxygen atoms in total. The summed E-state index contributed by atoms with van der Waals surface area (Å²) in [5.74, 6) is 0.811. The van der Waals surface area contributed by atoms with Crippen molar-refractivity contribution in [3.63, 3.8) is 0 Å². The van der Waals surface area contributed by atoms with Crippen molar-refractivity contribution in [1.82, 2.24) is 9.88 Å². The highest BCUT2D eigenvalue weighted by Crippen LogP contribution is 2.17. The van der Waals surface area contributed by atoms with E-state index < -0.39 is 0 Å². The van der Waals surface area contributed by atoms with E-state index in [-0.39, 0.29) is 0 Å². The number of aromatic nitrogens is 1. The molecule has 0 bridgehead atoms. The van der Waals surface area contributed by atoms with Crippen LogP contribution in [0.1, 0.15) is 12.0 Å². The SMILES string of the molecule is CN(CCCOc1cccc(Cl)c1)Cc1ccnc(Cl)c1. The molecule has 0 unspecified atom stereocenters. The van der Waals surface area contributed by atoms with Gasteiger partial charge in [0.05, 0.1) is 6.61 Å². The maximum atomic E-state index is 5.91. The predicted molar refractivity (Wildman–Crippen MR) is 87.1 cm³/mol. The topological polar surface area (TPSA) is 25.4 Å². The highest BCUT2D eigenvalue weighted by molar-refractivity contribution is 6.30. The molecule has 1 aromatic heterocycles. The largest absolute Gasteiger partial charge is 0.493 e. The lowest BCUT2D eigenvalue weighted by molar-refractivity contribution is 0.259. The van der Waals surface area contributed by atoms with Crippen molar-refractivity contribution in [2.24, 2.45) is 0 Å². The smallest absolute Gasteiger partial charge is 0.129 e. The lowest BCUT2D eigenvalue weighted by Gasteiger charge is -2.16. The van der Waals surface area contributed by atoms with Gasteiger partial charge in [-0.3, -0.25) is 0 Å². The summed E-state index contributed by atoms with van der Waals surface area (Å²) >= 11 is 11.8. The molecule has 0 aliphatic rings. The van der Waals surface area contributed by atoms with Crippen LogP contribution >= 0.6 is 23.2 Å². The van der Waals surface area contributed by atoms with E-state index >= 15 is 0 Å². The second-order valence-electron chi connectivity index (χ2n) is 4.88. The summed E-state index contributed by atoms with van der Waals surface area (Å²) in [7, 11) is 2.08. The van der Waals surface area contributed by atoms with Crippen LogP contribution < -0.4 is 4.74 Å². The molecule has 0 aliphatic heterocycles. The molecule has 0 radical (unpaired) electrons. The zero-order chi connectivity index (χ0) is 15.1. The fraction of sp³-hybridized carbons (Fsp3) is 0.312. The van der Waals surface area contributed by atoms with Crippen LogP contribution in [-0.2, 0) is 6.54 Å². The van der Waals surface area contributed by atoms with E-state index in [1.807, 2.05) is 36.4 Å². The molecule has 0 N–H and O–H groups in total. The first-order valence-electron chi connectivity index (χ1n) is 6.81. The van der Waals surface area contributed by atoms with E-state index in [4.69, 9.17) is 27.9 Å². The van der Waals surface area contributed by atoms with Crippen molar-refractivity contribution in [3.8, 4) is 5.75 Å². The van der Waals surface area contributed by atoms with E-state index in [0.29, 0.717) is 16.8 Å². The minimum absolute atomic E-state index is 0.533. The Morgan fingerprint density at radius 2 is 2.05 bits per heavy atom. The number of hydrogen-bond acceptors (Lipinski definition) is 3. The molecular formula is C16H18Cl2N2O. The average molecular weight is 325 g/mol. The number of rotatable bonds is 7. The number of pyridine rings is 1. The molecule has 2 aromatic rings. The van der Waals surface area contributed by atoms with Gasteiger partial charge in [-0.1, -0.05) is 29.3 Å². The Bertz CT molecular complexity index is 578. The summed E-state index contributed by atoms with van der Waals surface area (Å²) in [6, 6.07) is 11.3. The number of nitrogens with zero attached hydrogens (tertiary/aromatic N) is 2. The fourth-order valence-corrected chi connectivity index (χ4v) is 2.39. The van der Waals surface area contributed by atoms with Gasteiger partial charge in [-0.25, -0.2) is 4.98 Å². The van der Waals surface area contributed by atoms with Gasteiger partial charge in [-0.2, -0.15) is 0 Å². The number of ether oxygens (including phenoxy) is 1. The lowest BCUT2D eigenvalue weighted by Crippen LogP contribution is -2.20. The van der Waals surface area contributed by atoms with Crippen LogP contribution in [0.25, 0.3) is 0 Å². The summed E-state index contributed by atoms with van der Waals surface area (Å²) in [5, 5.41) is 1.23. The van der Waals surface area contributed by atoms with Gasteiger partial charge < -0.3 is 9.64 Å². The predicted octanol–water partition coefficient (Wildman–Crippen LogP) is 4.29. The Balaban J connectivity index is 1.68. The van der Waals surface area contributed by atoms with E-state index in [2.05, 4.69) is 16.9 Å². The van der Waals surface area contributed by atoms with E-state index in [0.717, 1.165) is 30.8 Å². The van der Waals surface area contributed by atoms with Crippen LogP contribution in [0, 0.1) is 0 Å². The van der Waals surface area contributed by atoms with E-state index in [1.54, 1.807) is 6.20 Å². The molecule has 1 heterocycles. The molecule has 0 saturated heterocycles. The van der Waals surface area contributed by atoms with Crippen LogP contribution in [-0.4, -0.2) is 30.1 Å². The van der Waals surface area contributed by atoms with Crippen molar-refractivity contribution in [1.29, 1.82) is 0 Å². The summed E-state index contributed by atoms with van der Waals surface area (Å²) in [4.78, 5) is 6.21. The van der Waals surface area contributed by atoms with Gasteiger partial charge in [0.2, 0.25) is 0 Å². The zero-order valence-corrected chi connectivity index (χ0v) is 13.4. The monoisotopic (exact) mass is 324 g/mol. The first-order valence-corrected chi connectivity index (χ1v) is 7.56. The molecule has 1 aromatic carbocycles. The van der Waals surface area contributed by atoms with E-state index in [9.17, 15) is 0 Å². The van der Waals surface area contributed by atoms with E-state index in [1.165, 1.54) is 0 Å². The standard InChI is InChI=1S/C16H18Cl2N2O/c1-20(12-13-6-7-19-16(18)10-13)8-3-9-21-15-5-2-4-14(17)11-15/h2,4-7,10-11H,3,8-9,12H2,1H3. The van der Waals surface area contributed by atoms with Crippen molar-refractivity contribution in [2.45, 2.75) is 13.0 Å².